The van der Waals surface area contributed by atoms with Crippen LogP contribution < -0.4 is 0 Å². The quantitative estimate of drug-likeness (QED) is 0.777. The van der Waals surface area contributed by atoms with Gasteiger partial charge < -0.3 is 5.11 Å². The molecule has 0 atom stereocenters. The molecule has 0 aliphatic carbocycles. The Morgan fingerprint density at radius 1 is 1.54 bits per heavy atom. The fourth-order valence-corrected chi connectivity index (χ4v) is 1.29. The Balaban J connectivity index is 2.71. The predicted octanol–water partition coefficient (Wildman–Crippen LogP) is 2.51. The maximum atomic E-state index is 9.50. The summed E-state index contributed by atoms with van der Waals surface area (Å²) in [6, 6.07) is 1.99. The molecule has 0 radical (unpaired) electrons. The maximum absolute atomic E-state index is 9.50. The Labute approximate surface area is 79.4 Å². The van der Waals surface area contributed by atoms with Gasteiger partial charge in [0, 0.05) is 6.07 Å². The Hall–Kier alpha value is -0.990. The molecule has 0 amide bonds. The second-order valence-electron chi connectivity index (χ2n) is 3.64. The number of hydrogen-bond donors (Lipinski definition) is 1. The summed E-state index contributed by atoms with van der Waals surface area (Å²) in [4.78, 5) is 0. The molecule has 1 aromatic rings. The Kier molecular flexibility index (Phi) is 3.34. The molecular weight excluding hydrogens is 164 g/mol. The number of unbranched alkanes of at least 4 members (excludes halogenated alkanes) is 1. The first-order valence-corrected chi connectivity index (χ1v) is 4.92. The van der Waals surface area contributed by atoms with Crippen molar-refractivity contribution in [2.75, 3.05) is 0 Å². The van der Waals surface area contributed by atoms with Crippen LogP contribution in [0.4, 0.5) is 0 Å². The lowest BCUT2D eigenvalue weighted by Crippen LogP contribution is -2.02. The first kappa shape index (κ1) is 10.1. The van der Waals surface area contributed by atoms with Gasteiger partial charge in [-0.05, 0) is 26.7 Å². The van der Waals surface area contributed by atoms with Crippen molar-refractivity contribution in [3.8, 4) is 5.88 Å². The zero-order chi connectivity index (χ0) is 9.84. The van der Waals surface area contributed by atoms with E-state index in [9.17, 15) is 5.11 Å². The fraction of sp³-hybridized carbons (Fsp3) is 0.700. The van der Waals surface area contributed by atoms with Crippen LogP contribution in [0, 0.1) is 0 Å². The molecule has 3 heteroatoms. The number of nitrogens with zero attached hydrogens (tertiary/aromatic N) is 2. The van der Waals surface area contributed by atoms with Crippen LogP contribution in [0.1, 0.15) is 45.3 Å². The normalized spacial score (nSPS) is 11.1. The van der Waals surface area contributed by atoms with E-state index in [1.54, 1.807) is 10.7 Å². The number of aromatic hydroxyl groups is 1. The summed E-state index contributed by atoms with van der Waals surface area (Å²) in [6.07, 6.45) is 3.26. The van der Waals surface area contributed by atoms with E-state index in [0.717, 1.165) is 25.0 Å². The minimum Gasteiger partial charge on any atom is -0.493 e. The maximum Gasteiger partial charge on any atom is 0.209 e. The summed E-state index contributed by atoms with van der Waals surface area (Å²) >= 11 is 0. The minimum absolute atomic E-state index is 0.232. The van der Waals surface area contributed by atoms with Gasteiger partial charge in [-0.2, -0.15) is 5.10 Å². The van der Waals surface area contributed by atoms with Crippen LogP contribution in [0.25, 0.3) is 0 Å². The molecule has 3 nitrogen and oxygen atoms in total. The third-order valence-corrected chi connectivity index (χ3v) is 2.04. The highest BCUT2D eigenvalue weighted by molar-refractivity contribution is 5.15. The molecule has 1 rings (SSSR count). The molecule has 1 heterocycles. The van der Waals surface area contributed by atoms with Gasteiger partial charge in [-0.3, -0.25) is 0 Å². The van der Waals surface area contributed by atoms with Crippen molar-refractivity contribution in [3.05, 3.63) is 11.8 Å². The Morgan fingerprint density at radius 2 is 2.23 bits per heavy atom. The first-order valence-electron chi connectivity index (χ1n) is 4.92. The number of hydrogen-bond acceptors (Lipinski definition) is 2. The second-order valence-corrected chi connectivity index (χ2v) is 3.64. The van der Waals surface area contributed by atoms with Crippen LogP contribution >= 0.6 is 0 Å². The lowest BCUT2D eigenvalue weighted by molar-refractivity contribution is 0.377. The number of aryl methyl sites for hydroxylation is 1. The zero-order valence-electron chi connectivity index (χ0n) is 8.62. The van der Waals surface area contributed by atoms with E-state index in [2.05, 4.69) is 12.0 Å². The van der Waals surface area contributed by atoms with Crippen molar-refractivity contribution in [1.82, 2.24) is 9.78 Å². The predicted molar refractivity (Wildman–Crippen MR) is 52.9 cm³/mol. The lowest BCUT2D eigenvalue weighted by atomic mass is 10.2. The molecule has 0 bridgehead atoms. The summed E-state index contributed by atoms with van der Waals surface area (Å²) in [5.74, 6) is 0.279. The van der Waals surface area contributed by atoms with E-state index in [4.69, 9.17) is 0 Å². The van der Waals surface area contributed by atoms with Gasteiger partial charge in [-0.15, -0.1) is 0 Å². The molecule has 0 fully saturated rings. The lowest BCUT2D eigenvalue weighted by Gasteiger charge is -2.05. The summed E-state index contributed by atoms with van der Waals surface area (Å²) in [6.45, 7) is 6.17. The van der Waals surface area contributed by atoms with Gasteiger partial charge in [0.2, 0.25) is 5.88 Å². The highest BCUT2D eigenvalue weighted by Crippen LogP contribution is 2.17. The van der Waals surface area contributed by atoms with Crippen molar-refractivity contribution in [1.29, 1.82) is 0 Å². The van der Waals surface area contributed by atoms with Crippen LogP contribution in [0.2, 0.25) is 0 Å². The van der Waals surface area contributed by atoms with Crippen LogP contribution in [0.5, 0.6) is 5.88 Å². The molecular formula is C10H18N2O. The molecule has 1 N–H and O–H groups in total. The molecule has 74 valence electrons. The van der Waals surface area contributed by atoms with Crippen LogP contribution in [-0.2, 0) is 6.42 Å². The van der Waals surface area contributed by atoms with Crippen LogP contribution in [0.15, 0.2) is 6.07 Å². The Bertz CT molecular complexity index is 266. The van der Waals surface area contributed by atoms with Crippen molar-refractivity contribution in [2.24, 2.45) is 0 Å². The van der Waals surface area contributed by atoms with E-state index in [1.807, 2.05) is 13.8 Å². The molecule has 0 aromatic carbocycles. The van der Waals surface area contributed by atoms with Crippen molar-refractivity contribution in [3.63, 3.8) is 0 Å². The monoisotopic (exact) mass is 182 g/mol. The summed E-state index contributed by atoms with van der Waals surface area (Å²) < 4.78 is 1.66. The molecule has 0 saturated carbocycles. The van der Waals surface area contributed by atoms with Crippen molar-refractivity contribution in [2.45, 2.75) is 46.1 Å². The van der Waals surface area contributed by atoms with E-state index >= 15 is 0 Å². The van der Waals surface area contributed by atoms with Gasteiger partial charge >= 0.3 is 0 Å². The third-order valence-electron chi connectivity index (χ3n) is 2.04. The SMILES string of the molecule is CCCCc1cc(O)n(C(C)C)n1. The minimum atomic E-state index is 0.232. The summed E-state index contributed by atoms with van der Waals surface area (Å²) in [7, 11) is 0. The largest absolute Gasteiger partial charge is 0.493 e. The smallest absolute Gasteiger partial charge is 0.209 e. The molecule has 1 aromatic heterocycles. The molecule has 0 spiro atoms. The fourth-order valence-electron chi connectivity index (χ4n) is 1.29. The van der Waals surface area contributed by atoms with E-state index in [-0.39, 0.29) is 11.9 Å². The summed E-state index contributed by atoms with van der Waals surface area (Å²) in [5, 5.41) is 13.8. The van der Waals surface area contributed by atoms with Gasteiger partial charge in [0.05, 0.1) is 11.7 Å². The first-order chi connectivity index (χ1) is 6.15. The van der Waals surface area contributed by atoms with Crippen molar-refractivity contribution >= 4 is 0 Å². The average molecular weight is 182 g/mol. The van der Waals surface area contributed by atoms with Gasteiger partial charge in [-0.1, -0.05) is 13.3 Å². The van der Waals surface area contributed by atoms with Gasteiger partial charge in [0.1, 0.15) is 0 Å². The summed E-state index contributed by atoms with van der Waals surface area (Å²) in [5.41, 5.74) is 0.994. The second kappa shape index (κ2) is 4.30. The number of aromatic nitrogens is 2. The third kappa shape index (κ3) is 2.47. The van der Waals surface area contributed by atoms with Crippen LogP contribution in [-0.4, -0.2) is 14.9 Å². The molecule has 0 aliphatic rings. The molecule has 0 unspecified atom stereocenters. The zero-order valence-corrected chi connectivity index (χ0v) is 8.62. The van der Waals surface area contributed by atoms with Crippen LogP contribution in [0.3, 0.4) is 0 Å². The molecule has 0 aliphatic heterocycles. The van der Waals surface area contributed by atoms with Crippen molar-refractivity contribution < 1.29 is 5.11 Å². The van der Waals surface area contributed by atoms with E-state index in [0.29, 0.717) is 0 Å². The topological polar surface area (TPSA) is 38.0 Å². The molecule has 0 saturated heterocycles. The highest BCUT2D eigenvalue weighted by atomic mass is 16.3. The molecule has 13 heavy (non-hydrogen) atoms. The average Bonchev–Trinajstić information content (AvgIpc) is 2.43. The van der Waals surface area contributed by atoms with E-state index in [1.165, 1.54) is 0 Å². The highest BCUT2D eigenvalue weighted by Gasteiger charge is 2.08. The van der Waals surface area contributed by atoms with Gasteiger partial charge in [-0.25, -0.2) is 4.68 Å². The van der Waals surface area contributed by atoms with Gasteiger partial charge in [0.15, 0.2) is 0 Å². The van der Waals surface area contributed by atoms with Gasteiger partial charge in [0.25, 0.3) is 0 Å². The number of rotatable bonds is 4. The standard InChI is InChI=1S/C10H18N2O/c1-4-5-6-9-7-10(13)12(11-9)8(2)3/h7-8,13H,4-6H2,1-3H3. The van der Waals surface area contributed by atoms with E-state index < -0.39 is 0 Å². The Morgan fingerprint density at radius 3 is 2.69 bits per heavy atom.